The van der Waals surface area contributed by atoms with Crippen LogP contribution in [0.4, 0.5) is 0 Å². The van der Waals surface area contributed by atoms with Gasteiger partial charge in [-0.1, -0.05) is 139 Å². The molecule has 0 radical (unpaired) electrons. The third-order valence-electron chi connectivity index (χ3n) is 8.42. The van der Waals surface area contributed by atoms with Crippen molar-refractivity contribution in [3.8, 4) is 67.5 Å². The van der Waals surface area contributed by atoms with Gasteiger partial charge in [-0.3, -0.25) is 0 Å². The first-order valence-electron chi connectivity index (χ1n) is 18.9. The Kier molecular flexibility index (Phi) is 5.67. The molecule has 9 rings (SSSR count). The predicted octanol–water partition coefficient (Wildman–Crippen LogP) is 11.8. The Hall–Kier alpha value is -6.65. The maximum atomic E-state index is 9.44. The number of nitrogens with zero attached hydrogens (tertiary/aromatic N) is 3. The van der Waals surface area contributed by atoms with Crippen LogP contribution in [0.25, 0.3) is 89.5 Å². The SMILES string of the molecule is [2H]c1c(-c2ccccc2)c([2H])c2c(oc3c([2H])c(-c4nc(-c5ccccc5)nc(-c5ccc(-c6ccccc6)cc5-c5ccccc5)n4)c([2H])c([2H])c32)c1[2H]. The first kappa shape index (κ1) is 22.8. The van der Waals surface area contributed by atoms with E-state index in [1.165, 1.54) is 0 Å². The Morgan fingerprint density at radius 2 is 0.918 bits per heavy atom. The molecule has 0 aliphatic carbocycles. The van der Waals surface area contributed by atoms with Gasteiger partial charge in [0.2, 0.25) is 0 Å². The van der Waals surface area contributed by atoms with Gasteiger partial charge in [0.25, 0.3) is 0 Å². The predicted molar refractivity (Wildman–Crippen MR) is 200 cm³/mol. The molecule has 0 spiro atoms. The molecule has 0 saturated heterocycles. The molecular weight excluding hydrogens is 599 g/mol. The number of benzene rings is 7. The summed E-state index contributed by atoms with van der Waals surface area (Å²) in [5, 5.41) is 0.172. The maximum Gasteiger partial charge on any atom is 0.164 e. The molecule has 230 valence electrons. The van der Waals surface area contributed by atoms with Crippen molar-refractivity contribution in [3.63, 3.8) is 0 Å². The smallest absolute Gasteiger partial charge is 0.164 e. The van der Waals surface area contributed by atoms with E-state index in [1.807, 2.05) is 97.1 Å². The molecule has 7 aromatic carbocycles. The van der Waals surface area contributed by atoms with E-state index in [0.29, 0.717) is 28.3 Å². The number of hydrogen-bond acceptors (Lipinski definition) is 4. The number of hydrogen-bond donors (Lipinski definition) is 0. The first-order valence-corrected chi connectivity index (χ1v) is 15.9. The molecule has 2 heterocycles. The number of furan rings is 1. The average molecular weight is 634 g/mol. The van der Waals surface area contributed by atoms with Crippen molar-refractivity contribution in [2.75, 3.05) is 0 Å². The first-order chi connectivity index (χ1) is 26.8. The van der Waals surface area contributed by atoms with Crippen molar-refractivity contribution in [1.82, 2.24) is 15.0 Å². The van der Waals surface area contributed by atoms with Crippen molar-refractivity contribution in [1.29, 1.82) is 0 Å². The standard InChI is InChI=1S/C45H29N3O/c1-5-13-30(14-6-1)34-21-25-38(39(27-34)32-17-9-3-10-18-32)45-47-43(33-19-11-4-12-20-33)46-44(48-45)36-22-24-37-40-28-35(31-15-7-2-8-16-31)23-26-41(40)49-42(37)29-36/h1-29H/i22D,23D,24D,26D,28D,29D. The van der Waals surface area contributed by atoms with Gasteiger partial charge in [-0.25, -0.2) is 15.0 Å². The second-order valence-corrected chi connectivity index (χ2v) is 11.5. The Morgan fingerprint density at radius 1 is 0.367 bits per heavy atom. The van der Waals surface area contributed by atoms with Gasteiger partial charge in [0, 0.05) is 27.5 Å². The Balaban J connectivity index is 1.31. The lowest BCUT2D eigenvalue weighted by atomic mass is 9.94. The number of fused-ring (bicyclic) bond motifs is 3. The van der Waals surface area contributed by atoms with Crippen molar-refractivity contribution in [2.45, 2.75) is 0 Å². The molecule has 0 unspecified atom stereocenters. The second-order valence-electron chi connectivity index (χ2n) is 11.5. The minimum atomic E-state index is -0.332. The van der Waals surface area contributed by atoms with Gasteiger partial charge in [-0.05, 0) is 69.7 Å². The molecule has 0 fully saturated rings. The molecule has 0 aliphatic heterocycles. The summed E-state index contributed by atoms with van der Waals surface area (Å²) in [6.07, 6.45) is 0. The van der Waals surface area contributed by atoms with E-state index in [9.17, 15) is 5.48 Å². The van der Waals surface area contributed by atoms with E-state index < -0.39 is 0 Å². The van der Waals surface area contributed by atoms with Gasteiger partial charge >= 0.3 is 0 Å². The molecule has 2 aromatic heterocycles. The third-order valence-corrected chi connectivity index (χ3v) is 8.42. The Bertz CT molecular complexity index is 2920. The molecule has 0 N–H and O–H groups in total. The lowest BCUT2D eigenvalue weighted by molar-refractivity contribution is 0.669. The van der Waals surface area contributed by atoms with Crippen LogP contribution in [-0.2, 0) is 0 Å². The highest BCUT2D eigenvalue weighted by Gasteiger charge is 2.18. The highest BCUT2D eigenvalue weighted by molar-refractivity contribution is 6.07. The summed E-state index contributed by atoms with van der Waals surface area (Å²) in [4.78, 5) is 14.7. The fourth-order valence-corrected chi connectivity index (χ4v) is 5.98. The van der Waals surface area contributed by atoms with Crippen molar-refractivity contribution in [3.05, 3.63) is 176 Å². The van der Waals surface area contributed by atoms with Crippen LogP contribution in [0.15, 0.2) is 180 Å². The van der Waals surface area contributed by atoms with Crippen LogP contribution in [0.2, 0.25) is 0 Å². The van der Waals surface area contributed by atoms with E-state index in [-0.39, 0.29) is 75.1 Å². The fraction of sp³-hybridized carbons (Fsp3) is 0. The van der Waals surface area contributed by atoms with Crippen LogP contribution in [0.1, 0.15) is 8.22 Å². The summed E-state index contributed by atoms with van der Waals surface area (Å²) in [5.41, 5.74) is 5.82. The van der Waals surface area contributed by atoms with E-state index in [0.717, 1.165) is 22.3 Å². The van der Waals surface area contributed by atoms with E-state index in [4.69, 9.17) is 22.1 Å². The molecule has 4 nitrogen and oxygen atoms in total. The summed E-state index contributed by atoms with van der Waals surface area (Å²) in [6.45, 7) is 0. The summed E-state index contributed by atoms with van der Waals surface area (Å²) in [7, 11) is 0. The van der Waals surface area contributed by atoms with Gasteiger partial charge in [0.1, 0.15) is 11.2 Å². The molecular formula is C45H29N3O. The van der Waals surface area contributed by atoms with Crippen molar-refractivity contribution >= 4 is 21.9 Å². The molecule has 0 atom stereocenters. The molecule has 0 aliphatic rings. The van der Waals surface area contributed by atoms with Crippen LogP contribution >= 0.6 is 0 Å². The quantitative estimate of drug-likeness (QED) is 0.183. The molecule has 49 heavy (non-hydrogen) atoms. The lowest BCUT2D eigenvalue weighted by Gasteiger charge is -2.14. The van der Waals surface area contributed by atoms with E-state index in [1.54, 1.807) is 24.3 Å². The number of aromatic nitrogens is 3. The molecule has 0 bridgehead atoms. The highest BCUT2D eigenvalue weighted by atomic mass is 16.3. The van der Waals surface area contributed by atoms with Crippen LogP contribution in [0.5, 0.6) is 0 Å². The topological polar surface area (TPSA) is 51.8 Å². The normalized spacial score (nSPS) is 13.0. The van der Waals surface area contributed by atoms with Gasteiger partial charge in [0.15, 0.2) is 17.5 Å². The number of rotatable bonds is 6. The van der Waals surface area contributed by atoms with Crippen LogP contribution in [-0.4, -0.2) is 15.0 Å². The second kappa shape index (κ2) is 12.2. The summed E-state index contributed by atoms with van der Waals surface area (Å²) < 4.78 is 61.0. The summed E-state index contributed by atoms with van der Waals surface area (Å²) >= 11 is 0. The van der Waals surface area contributed by atoms with Crippen LogP contribution in [0.3, 0.4) is 0 Å². The van der Waals surface area contributed by atoms with E-state index >= 15 is 0 Å². The summed E-state index contributed by atoms with van der Waals surface area (Å²) in [6, 6.07) is 42.9. The summed E-state index contributed by atoms with van der Waals surface area (Å²) in [5.74, 6) is 0.629. The largest absolute Gasteiger partial charge is 0.456 e. The lowest BCUT2D eigenvalue weighted by Crippen LogP contribution is -2.01. The molecule has 0 saturated carbocycles. The van der Waals surface area contributed by atoms with Gasteiger partial charge in [-0.2, -0.15) is 0 Å². The zero-order valence-electron chi connectivity index (χ0n) is 32.0. The van der Waals surface area contributed by atoms with E-state index in [2.05, 4.69) is 18.2 Å². The van der Waals surface area contributed by atoms with Gasteiger partial charge < -0.3 is 4.42 Å². The monoisotopic (exact) mass is 633 g/mol. The Morgan fingerprint density at radius 3 is 1.59 bits per heavy atom. The fourth-order valence-electron chi connectivity index (χ4n) is 5.98. The third kappa shape index (κ3) is 5.45. The minimum absolute atomic E-state index is 0.00389. The Labute approximate surface area is 292 Å². The zero-order chi connectivity index (χ0) is 37.8. The molecule has 4 heteroatoms. The van der Waals surface area contributed by atoms with Gasteiger partial charge in [0.05, 0.1) is 8.22 Å². The van der Waals surface area contributed by atoms with Crippen molar-refractivity contribution in [2.24, 2.45) is 0 Å². The van der Waals surface area contributed by atoms with Gasteiger partial charge in [-0.15, -0.1) is 0 Å². The molecule has 0 amide bonds. The zero-order valence-corrected chi connectivity index (χ0v) is 26.0. The maximum absolute atomic E-state index is 9.44. The van der Waals surface area contributed by atoms with Crippen LogP contribution in [0, 0.1) is 0 Å². The molecule has 9 aromatic rings. The minimum Gasteiger partial charge on any atom is -0.456 e. The van der Waals surface area contributed by atoms with Crippen LogP contribution < -0.4 is 0 Å². The van der Waals surface area contributed by atoms with Crippen molar-refractivity contribution < 1.29 is 12.6 Å². The highest BCUT2D eigenvalue weighted by Crippen LogP contribution is 2.37. The average Bonchev–Trinajstić information content (AvgIpc) is 3.65.